The molecule has 0 radical (unpaired) electrons. The first-order chi connectivity index (χ1) is 14.0. The molecule has 0 aromatic heterocycles. The summed E-state index contributed by atoms with van der Waals surface area (Å²) in [6, 6.07) is 12.7. The number of amides is 1. The summed E-state index contributed by atoms with van der Waals surface area (Å²) in [6.45, 7) is 8.42. The van der Waals surface area contributed by atoms with Crippen LogP contribution in [0.2, 0.25) is 0 Å². The van der Waals surface area contributed by atoms with Crippen molar-refractivity contribution in [2.75, 3.05) is 13.1 Å². The zero-order chi connectivity index (χ0) is 21.9. The van der Waals surface area contributed by atoms with Crippen LogP contribution in [0.25, 0.3) is 11.1 Å². The van der Waals surface area contributed by atoms with Gasteiger partial charge in [0.2, 0.25) is 0 Å². The summed E-state index contributed by atoms with van der Waals surface area (Å²) in [4.78, 5) is 15.1. The number of alkyl halides is 3. The maximum Gasteiger partial charge on any atom is 0.573 e. The summed E-state index contributed by atoms with van der Waals surface area (Å²) in [7, 11) is 0. The molecule has 0 bridgehead atoms. The van der Waals surface area contributed by atoms with Crippen molar-refractivity contribution in [2.24, 2.45) is 0 Å². The third kappa shape index (κ3) is 5.98. The number of carbonyl (C=O) groups is 1. The number of carbonyl (C=O) groups excluding carboxylic acids is 1. The minimum Gasteiger partial charge on any atom is -0.406 e. The Morgan fingerprint density at radius 1 is 1.00 bits per heavy atom. The molecule has 3 rings (SSSR count). The van der Waals surface area contributed by atoms with Crippen LogP contribution in [0.15, 0.2) is 48.5 Å². The summed E-state index contributed by atoms with van der Waals surface area (Å²) in [6.07, 6.45) is -2.97. The van der Waals surface area contributed by atoms with Gasteiger partial charge >= 0.3 is 6.36 Å². The molecule has 0 aliphatic carbocycles. The lowest BCUT2D eigenvalue weighted by molar-refractivity contribution is -0.274. The van der Waals surface area contributed by atoms with Gasteiger partial charge in [-0.25, -0.2) is 0 Å². The Hall–Kier alpha value is -2.54. The molecular weight excluding hydrogens is 393 g/mol. The van der Waals surface area contributed by atoms with E-state index in [1.807, 2.05) is 0 Å². The largest absolute Gasteiger partial charge is 0.573 e. The number of halogens is 3. The minimum atomic E-state index is -4.75. The summed E-state index contributed by atoms with van der Waals surface area (Å²) >= 11 is 0. The van der Waals surface area contributed by atoms with E-state index >= 15 is 0 Å². The standard InChI is InChI=1S/C23H27F3N2O2/c1-22(2,3)28-12-10-19(11-13-28)27-21(29)18-8-4-6-16(14-18)17-7-5-9-20(15-17)30-23(24,25)26/h4-9,14-15,19H,10-13H2,1-3H3,(H,27,29). The summed E-state index contributed by atoms with van der Waals surface area (Å²) in [5.74, 6) is -0.464. The molecule has 1 aliphatic rings. The fraction of sp³-hybridized carbons (Fsp3) is 0.435. The van der Waals surface area contributed by atoms with Crippen LogP contribution in [-0.2, 0) is 0 Å². The third-order valence-electron chi connectivity index (χ3n) is 5.30. The van der Waals surface area contributed by atoms with Crippen LogP contribution < -0.4 is 10.1 Å². The van der Waals surface area contributed by atoms with Gasteiger partial charge in [0, 0.05) is 30.2 Å². The van der Waals surface area contributed by atoms with Gasteiger partial charge in [-0.1, -0.05) is 24.3 Å². The molecule has 7 heteroatoms. The van der Waals surface area contributed by atoms with Crippen LogP contribution in [0.4, 0.5) is 13.2 Å². The van der Waals surface area contributed by atoms with Crippen LogP contribution in [0.3, 0.4) is 0 Å². The first-order valence-electron chi connectivity index (χ1n) is 10.0. The zero-order valence-electron chi connectivity index (χ0n) is 17.4. The molecule has 1 amide bonds. The predicted molar refractivity (Wildman–Crippen MR) is 110 cm³/mol. The molecule has 0 atom stereocenters. The second kappa shape index (κ2) is 8.68. The number of hydrogen-bond acceptors (Lipinski definition) is 3. The number of benzene rings is 2. The lowest BCUT2D eigenvalue weighted by Gasteiger charge is -2.41. The van der Waals surface area contributed by atoms with Gasteiger partial charge in [-0.05, 0) is 69.0 Å². The molecule has 1 heterocycles. The number of likely N-dealkylation sites (tertiary alicyclic amines) is 1. The van der Waals surface area contributed by atoms with E-state index in [9.17, 15) is 18.0 Å². The highest BCUT2D eigenvalue weighted by Gasteiger charge is 2.31. The molecule has 1 fully saturated rings. The Morgan fingerprint density at radius 3 is 2.20 bits per heavy atom. The Balaban J connectivity index is 1.67. The van der Waals surface area contributed by atoms with Gasteiger partial charge < -0.3 is 10.1 Å². The number of piperidine rings is 1. The second-order valence-electron chi connectivity index (χ2n) is 8.56. The van der Waals surface area contributed by atoms with E-state index in [0.29, 0.717) is 16.7 Å². The van der Waals surface area contributed by atoms with Crippen molar-refractivity contribution in [3.8, 4) is 16.9 Å². The van der Waals surface area contributed by atoms with Gasteiger partial charge in [-0.2, -0.15) is 0 Å². The molecule has 0 saturated carbocycles. The van der Waals surface area contributed by atoms with Gasteiger partial charge in [0.05, 0.1) is 0 Å². The van der Waals surface area contributed by atoms with Crippen molar-refractivity contribution in [1.82, 2.24) is 10.2 Å². The van der Waals surface area contributed by atoms with E-state index in [0.717, 1.165) is 25.9 Å². The third-order valence-corrected chi connectivity index (χ3v) is 5.30. The first-order valence-corrected chi connectivity index (χ1v) is 10.0. The maximum atomic E-state index is 12.7. The minimum absolute atomic E-state index is 0.114. The van der Waals surface area contributed by atoms with Crippen LogP contribution >= 0.6 is 0 Å². The quantitative estimate of drug-likeness (QED) is 0.735. The molecule has 2 aromatic rings. The summed E-state index contributed by atoms with van der Waals surface area (Å²) in [5.41, 5.74) is 1.80. The molecule has 1 N–H and O–H groups in total. The number of ether oxygens (including phenoxy) is 1. The van der Waals surface area contributed by atoms with Gasteiger partial charge in [0.15, 0.2) is 0 Å². The van der Waals surface area contributed by atoms with Gasteiger partial charge in [-0.15, -0.1) is 13.2 Å². The Morgan fingerprint density at radius 2 is 1.60 bits per heavy atom. The zero-order valence-corrected chi connectivity index (χ0v) is 17.4. The van der Waals surface area contributed by atoms with E-state index in [-0.39, 0.29) is 23.2 Å². The first kappa shape index (κ1) is 22.2. The van der Waals surface area contributed by atoms with Crippen LogP contribution in [0, 0.1) is 0 Å². The predicted octanol–water partition coefficient (Wildman–Crippen LogP) is 5.24. The average Bonchev–Trinajstić information content (AvgIpc) is 2.67. The van der Waals surface area contributed by atoms with Crippen LogP contribution in [0.1, 0.15) is 44.0 Å². The lowest BCUT2D eigenvalue weighted by atomic mass is 9.97. The normalized spacial score (nSPS) is 16.3. The summed E-state index contributed by atoms with van der Waals surface area (Å²) < 4.78 is 41.4. The highest BCUT2D eigenvalue weighted by Crippen LogP contribution is 2.28. The molecule has 1 aliphatic heterocycles. The molecule has 1 saturated heterocycles. The molecule has 30 heavy (non-hydrogen) atoms. The van der Waals surface area contributed by atoms with E-state index in [4.69, 9.17) is 0 Å². The van der Waals surface area contributed by atoms with Gasteiger partial charge in [0.25, 0.3) is 5.91 Å². The van der Waals surface area contributed by atoms with E-state index in [1.54, 1.807) is 30.3 Å². The Labute approximate surface area is 175 Å². The van der Waals surface area contributed by atoms with E-state index < -0.39 is 6.36 Å². The van der Waals surface area contributed by atoms with Crippen molar-refractivity contribution < 1.29 is 22.7 Å². The van der Waals surface area contributed by atoms with Crippen molar-refractivity contribution in [1.29, 1.82) is 0 Å². The maximum absolute atomic E-state index is 12.7. The highest BCUT2D eigenvalue weighted by molar-refractivity contribution is 5.95. The molecule has 4 nitrogen and oxygen atoms in total. The Bertz CT molecular complexity index is 883. The van der Waals surface area contributed by atoms with Crippen LogP contribution in [-0.4, -0.2) is 41.8 Å². The monoisotopic (exact) mass is 420 g/mol. The van der Waals surface area contributed by atoms with Gasteiger partial charge in [-0.3, -0.25) is 9.69 Å². The van der Waals surface area contributed by atoms with E-state index in [2.05, 4.69) is 35.7 Å². The lowest BCUT2D eigenvalue weighted by Crippen LogP contribution is -2.50. The molecule has 2 aromatic carbocycles. The molecule has 162 valence electrons. The molecular formula is C23H27F3N2O2. The smallest absolute Gasteiger partial charge is 0.406 e. The fourth-order valence-corrected chi connectivity index (χ4v) is 3.68. The molecule has 0 unspecified atom stereocenters. The van der Waals surface area contributed by atoms with Crippen molar-refractivity contribution in [2.45, 2.75) is 51.6 Å². The number of nitrogens with one attached hydrogen (secondary N) is 1. The topological polar surface area (TPSA) is 41.6 Å². The Kier molecular flexibility index (Phi) is 6.41. The van der Waals surface area contributed by atoms with Crippen LogP contribution in [0.5, 0.6) is 5.75 Å². The SMILES string of the molecule is CC(C)(C)N1CCC(NC(=O)c2cccc(-c3cccc(OC(F)(F)F)c3)c2)CC1. The van der Waals surface area contributed by atoms with Crippen molar-refractivity contribution >= 4 is 5.91 Å². The number of hydrogen-bond donors (Lipinski definition) is 1. The summed E-state index contributed by atoms with van der Waals surface area (Å²) in [5, 5.41) is 3.09. The fourth-order valence-electron chi connectivity index (χ4n) is 3.68. The second-order valence-corrected chi connectivity index (χ2v) is 8.56. The molecule has 0 spiro atoms. The average molecular weight is 420 g/mol. The van der Waals surface area contributed by atoms with E-state index in [1.165, 1.54) is 18.2 Å². The van der Waals surface area contributed by atoms with Crippen molar-refractivity contribution in [3.63, 3.8) is 0 Å². The van der Waals surface area contributed by atoms with Gasteiger partial charge in [0.1, 0.15) is 5.75 Å². The highest BCUT2D eigenvalue weighted by atomic mass is 19.4. The van der Waals surface area contributed by atoms with Crippen molar-refractivity contribution in [3.05, 3.63) is 54.1 Å². The number of nitrogens with zero attached hydrogens (tertiary/aromatic N) is 1. The number of rotatable bonds is 4.